The van der Waals surface area contributed by atoms with Crippen LogP contribution in [0, 0.1) is 5.41 Å². The van der Waals surface area contributed by atoms with Crippen LogP contribution in [0.25, 0.3) is 0 Å². The van der Waals surface area contributed by atoms with E-state index in [1.54, 1.807) is 4.68 Å². The van der Waals surface area contributed by atoms with Gasteiger partial charge in [-0.2, -0.15) is 18.3 Å². The predicted molar refractivity (Wildman–Crippen MR) is 107 cm³/mol. The zero-order chi connectivity index (χ0) is 23.1. The molecule has 2 aliphatic heterocycles. The highest BCUT2D eigenvalue weighted by Gasteiger charge is 2.45. The van der Waals surface area contributed by atoms with Gasteiger partial charge in [0.25, 0.3) is 11.8 Å². The lowest BCUT2D eigenvalue weighted by atomic mass is 9.88. The number of carbonyl (C=O) groups excluding carboxylic acids is 3. The highest BCUT2D eigenvalue weighted by molar-refractivity contribution is 6.07. The molecule has 0 radical (unpaired) electrons. The van der Waals surface area contributed by atoms with E-state index in [0.717, 1.165) is 24.2 Å². The number of hydrogen-bond donors (Lipinski definition) is 4. The number of anilines is 2. The lowest BCUT2D eigenvalue weighted by Gasteiger charge is -2.19. The molecule has 2 aliphatic rings. The van der Waals surface area contributed by atoms with E-state index >= 15 is 0 Å². The number of benzene rings is 1. The molecular formula is C20H21F3N6O3. The highest BCUT2D eigenvalue weighted by Crippen LogP contribution is 2.33. The van der Waals surface area contributed by atoms with Crippen molar-refractivity contribution >= 4 is 29.1 Å². The van der Waals surface area contributed by atoms with Crippen LogP contribution in [0.15, 0.2) is 24.3 Å². The second-order valence-corrected chi connectivity index (χ2v) is 7.94. The Hall–Kier alpha value is -3.57. The van der Waals surface area contributed by atoms with Crippen LogP contribution in [0.1, 0.15) is 41.5 Å². The van der Waals surface area contributed by atoms with E-state index in [2.05, 4.69) is 26.6 Å². The standard InChI is InChI=1S/C20H21F3N6O3/c1-19(8-9-24-17(19)31)18(32)27-26-16(30)15-14(13-3-2-10-29(13)28-15)25-12-6-4-11(5-7-12)20(21,22)23/h4-7,25H,2-3,8-10H2,1H3,(H,24,31)(H,26,30)(H,27,32)/t19-/m1/s1. The van der Waals surface area contributed by atoms with Crippen molar-refractivity contribution in [3.63, 3.8) is 0 Å². The maximum atomic E-state index is 12.8. The van der Waals surface area contributed by atoms with Gasteiger partial charge in [0.2, 0.25) is 5.91 Å². The van der Waals surface area contributed by atoms with E-state index in [0.29, 0.717) is 37.3 Å². The Balaban J connectivity index is 1.52. The Morgan fingerprint density at radius 1 is 1.19 bits per heavy atom. The topological polar surface area (TPSA) is 117 Å². The summed E-state index contributed by atoms with van der Waals surface area (Å²) in [5.74, 6) is -1.78. The SMILES string of the molecule is C[C@@]1(C(=O)NNC(=O)c2nn3c(c2Nc2ccc(C(F)(F)F)cc2)CCC3)CCNC1=O. The minimum atomic E-state index is -4.45. The molecule has 1 atom stereocenters. The molecule has 2 aromatic rings. The van der Waals surface area contributed by atoms with Gasteiger partial charge in [0.15, 0.2) is 5.69 Å². The summed E-state index contributed by atoms with van der Waals surface area (Å²) in [6, 6.07) is 4.43. The first-order valence-corrected chi connectivity index (χ1v) is 10.0. The first kappa shape index (κ1) is 21.7. The number of alkyl halides is 3. The Bertz CT molecular complexity index is 1080. The number of halogens is 3. The third kappa shape index (κ3) is 3.87. The molecule has 0 saturated carbocycles. The minimum Gasteiger partial charge on any atom is -0.355 e. The minimum absolute atomic E-state index is 0.0130. The number of fused-ring (bicyclic) bond motifs is 1. The van der Waals surface area contributed by atoms with E-state index in [1.165, 1.54) is 19.1 Å². The van der Waals surface area contributed by atoms with Gasteiger partial charge < -0.3 is 10.6 Å². The van der Waals surface area contributed by atoms with Gasteiger partial charge in [0, 0.05) is 18.8 Å². The Morgan fingerprint density at radius 2 is 1.91 bits per heavy atom. The molecule has 4 N–H and O–H groups in total. The zero-order valence-corrected chi connectivity index (χ0v) is 17.1. The summed E-state index contributed by atoms with van der Waals surface area (Å²) in [5, 5.41) is 9.84. The number of rotatable bonds is 4. The smallest absolute Gasteiger partial charge is 0.355 e. The van der Waals surface area contributed by atoms with Gasteiger partial charge in [0.1, 0.15) is 5.41 Å². The third-order valence-electron chi connectivity index (χ3n) is 5.74. The Morgan fingerprint density at radius 3 is 2.53 bits per heavy atom. The fourth-order valence-electron chi connectivity index (χ4n) is 3.77. The van der Waals surface area contributed by atoms with Crippen molar-refractivity contribution in [2.45, 2.75) is 38.9 Å². The molecule has 1 saturated heterocycles. The molecule has 170 valence electrons. The first-order chi connectivity index (χ1) is 15.1. The Labute approximate surface area is 180 Å². The number of nitrogens with one attached hydrogen (secondary N) is 4. The van der Waals surface area contributed by atoms with Gasteiger partial charge in [-0.3, -0.25) is 29.9 Å². The van der Waals surface area contributed by atoms with Gasteiger partial charge in [-0.1, -0.05) is 0 Å². The molecule has 0 bridgehead atoms. The van der Waals surface area contributed by atoms with Gasteiger partial charge in [-0.15, -0.1) is 0 Å². The fraction of sp³-hybridized carbons (Fsp3) is 0.400. The second kappa shape index (κ2) is 7.84. The van der Waals surface area contributed by atoms with Crippen molar-refractivity contribution in [1.82, 2.24) is 25.9 Å². The summed E-state index contributed by atoms with van der Waals surface area (Å²) in [4.78, 5) is 37.1. The maximum Gasteiger partial charge on any atom is 0.416 e. The summed E-state index contributed by atoms with van der Waals surface area (Å²) in [7, 11) is 0. The predicted octanol–water partition coefficient (Wildman–Crippen LogP) is 1.88. The Kier molecular flexibility index (Phi) is 5.31. The number of hydrogen-bond acceptors (Lipinski definition) is 5. The van der Waals surface area contributed by atoms with Crippen molar-refractivity contribution in [1.29, 1.82) is 0 Å². The first-order valence-electron chi connectivity index (χ1n) is 10.0. The molecular weight excluding hydrogens is 429 g/mol. The van der Waals surface area contributed by atoms with Crippen molar-refractivity contribution in [2.75, 3.05) is 11.9 Å². The van der Waals surface area contributed by atoms with Crippen LogP contribution in [0.5, 0.6) is 0 Å². The van der Waals surface area contributed by atoms with E-state index in [1.807, 2.05) is 0 Å². The fourth-order valence-corrected chi connectivity index (χ4v) is 3.77. The van der Waals surface area contributed by atoms with Gasteiger partial charge >= 0.3 is 6.18 Å². The molecule has 1 fully saturated rings. The maximum absolute atomic E-state index is 12.8. The normalized spacial score (nSPS) is 19.9. The zero-order valence-electron chi connectivity index (χ0n) is 17.1. The van der Waals surface area contributed by atoms with Crippen molar-refractivity contribution in [3.8, 4) is 0 Å². The summed E-state index contributed by atoms with van der Waals surface area (Å²) in [5.41, 5.74) is 3.93. The monoisotopic (exact) mass is 450 g/mol. The summed E-state index contributed by atoms with van der Waals surface area (Å²) in [6.45, 7) is 2.44. The van der Waals surface area contributed by atoms with Gasteiger partial charge in [-0.05, 0) is 50.5 Å². The summed E-state index contributed by atoms with van der Waals surface area (Å²) < 4.78 is 40.1. The number of aromatic nitrogens is 2. The number of hydrazine groups is 1. The van der Waals surface area contributed by atoms with Crippen LogP contribution in [0.4, 0.5) is 24.5 Å². The average Bonchev–Trinajstić information content (AvgIpc) is 3.43. The molecule has 0 spiro atoms. The van der Waals surface area contributed by atoms with Crippen molar-refractivity contribution in [3.05, 3.63) is 41.2 Å². The van der Waals surface area contributed by atoms with Crippen LogP contribution in [0.2, 0.25) is 0 Å². The van der Waals surface area contributed by atoms with Crippen LogP contribution in [-0.4, -0.2) is 34.0 Å². The molecule has 0 aliphatic carbocycles. The largest absolute Gasteiger partial charge is 0.416 e. The summed E-state index contributed by atoms with van der Waals surface area (Å²) >= 11 is 0. The number of aryl methyl sites for hydroxylation is 1. The van der Waals surface area contributed by atoms with Crippen LogP contribution < -0.4 is 21.5 Å². The molecule has 0 unspecified atom stereocenters. The van der Waals surface area contributed by atoms with Crippen molar-refractivity contribution < 1.29 is 27.6 Å². The van der Waals surface area contributed by atoms with Crippen molar-refractivity contribution in [2.24, 2.45) is 5.41 Å². The molecule has 4 rings (SSSR count). The highest BCUT2D eigenvalue weighted by atomic mass is 19.4. The van der Waals surface area contributed by atoms with E-state index < -0.39 is 34.9 Å². The number of carbonyl (C=O) groups is 3. The molecule has 1 aromatic heterocycles. The van der Waals surface area contributed by atoms with Crippen LogP contribution >= 0.6 is 0 Å². The molecule has 3 amide bonds. The van der Waals surface area contributed by atoms with Gasteiger partial charge in [0.05, 0.1) is 16.9 Å². The molecule has 9 nitrogen and oxygen atoms in total. The second-order valence-electron chi connectivity index (χ2n) is 7.94. The van der Waals surface area contributed by atoms with E-state index in [4.69, 9.17) is 0 Å². The molecule has 32 heavy (non-hydrogen) atoms. The molecule has 1 aromatic carbocycles. The van der Waals surface area contributed by atoms with E-state index in [9.17, 15) is 27.6 Å². The lowest BCUT2D eigenvalue weighted by molar-refractivity contribution is -0.140. The van der Waals surface area contributed by atoms with E-state index in [-0.39, 0.29) is 5.69 Å². The number of amides is 3. The van der Waals surface area contributed by atoms with Crippen LogP contribution in [-0.2, 0) is 28.7 Å². The van der Waals surface area contributed by atoms with Crippen LogP contribution in [0.3, 0.4) is 0 Å². The molecule has 3 heterocycles. The third-order valence-corrected chi connectivity index (χ3v) is 5.74. The number of nitrogens with zero attached hydrogens (tertiary/aromatic N) is 2. The summed E-state index contributed by atoms with van der Waals surface area (Å²) in [6.07, 6.45) is -2.70. The average molecular weight is 450 g/mol. The van der Waals surface area contributed by atoms with Gasteiger partial charge in [-0.25, -0.2) is 0 Å². The lowest BCUT2D eigenvalue weighted by Crippen LogP contribution is -2.51. The quantitative estimate of drug-likeness (QED) is 0.419. The molecule has 12 heteroatoms.